The van der Waals surface area contributed by atoms with E-state index in [-0.39, 0.29) is 12.5 Å². The molecule has 2 atom stereocenters. The van der Waals surface area contributed by atoms with Gasteiger partial charge in [-0.15, -0.1) is 0 Å². The molecule has 0 heterocycles. The Morgan fingerprint density at radius 3 is 2.13 bits per heavy atom. The highest BCUT2D eigenvalue weighted by molar-refractivity contribution is 5.94. The maximum Gasteiger partial charge on any atom is 0.408 e. The first kappa shape index (κ1) is 33.9. The number of rotatable bonds is 13. The second kappa shape index (κ2) is 14.9. The number of alkyl carbamates (subject to hydrolysis) is 1. The lowest BCUT2D eigenvalue weighted by Crippen LogP contribution is -2.55. The van der Waals surface area contributed by atoms with Crippen LogP contribution in [-0.2, 0) is 19.1 Å². The summed E-state index contributed by atoms with van der Waals surface area (Å²) in [6, 6.07) is 3.39. The third kappa shape index (κ3) is 12.1. The highest BCUT2D eigenvalue weighted by atomic mass is 16.6. The van der Waals surface area contributed by atoms with Crippen molar-refractivity contribution in [3.05, 3.63) is 34.9 Å². The highest BCUT2D eigenvalue weighted by Crippen LogP contribution is 2.29. The monoisotopic (exact) mass is 546 g/mol. The molecule has 0 spiro atoms. The molecule has 0 radical (unpaired) electrons. The summed E-state index contributed by atoms with van der Waals surface area (Å²) < 4.78 is 5.35. The zero-order chi connectivity index (χ0) is 30.0. The highest BCUT2D eigenvalue weighted by Gasteiger charge is 2.38. The van der Waals surface area contributed by atoms with Gasteiger partial charge in [-0.05, 0) is 78.5 Å². The Balaban J connectivity index is 3.60. The van der Waals surface area contributed by atoms with Crippen LogP contribution in [0, 0.1) is 13.8 Å². The quantitative estimate of drug-likeness (QED) is 0.305. The van der Waals surface area contributed by atoms with E-state index in [1.165, 1.54) is 4.90 Å². The van der Waals surface area contributed by atoms with Crippen LogP contribution < -0.4 is 16.4 Å². The number of carbonyl (C=O) groups excluding carboxylic acids is 4. The molecule has 0 aromatic heterocycles. The molecule has 0 fully saturated rings. The zero-order valence-corrected chi connectivity index (χ0v) is 25.4. The minimum atomic E-state index is -1.29. The first-order valence-electron chi connectivity index (χ1n) is 13.9. The molecule has 9 heteroatoms. The third-order valence-corrected chi connectivity index (χ3v) is 6.18. The zero-order valence-electron chi connectivity index (χ0n) is 25.4. The van der Waals surface area contributed by atoms with Crippen molar-refractivity contribution in [2.75, 3.05) is 6.54 Å². The molecular formula is C30H50N4O5. The van der Waals surface area contributed by atoms with Crippen molar-refractivity contribution in [3.63, 3.8) is 0 Å². The van der Waals surface area contributed by atoms with E-state index >= 15 is 0 Å². The van der Waals surface area contributed by atoms with Gasteiger partial charge in [0, 0.05) is 12.1 Å². The van der Waals surface area contributed by atoms with Gasteiger partial charge in [-0.2, -0.15) is 0 Å². The van der Waals surface area contributed by atoms with Gasteiger partial charge in [-0.3, -0.25) is 14.4 Å². The maximum absolute atomic E-state index is 14.1. The number of amides is 4. The van der Waals surface area contributed by atoms with Gasteiger partial charge < -0.3 is 26.0 Å². The van der Waals surface area contributed by atoms with Crippen LogP contribution >= 0.6 is 0 Å². The molecule has 4 amide bonds. The lowest BCUT2D eigenvalue weighted by atomic mass is 9.93. The molecule has 0 saturated carbocycles. The van der Waals surface area contributed by atoms with E-state index in [4.69, 9.17) is 10.5 Å². The molecule has 4 N–H and O–H groups in total. The molecule has 0 bridgehead atoms. The summed E-state index contributed by atoms with van der Waals surface area (Å²) in [7, 11) is 0. The average Bonchev–Trinajstić information content (AvgIpc) is 2.77. The van der Waals surface area contributed by atoms with E-state index in [9.17, 15) is 19.2 Å². The summed E-state index contributed by atoms with van der Waals surface area (Å²) in [6.45, 7) is 17.0. The topological polar surface area (TPSA) is 131 Å². The Morgan fingerprint density at radius 2 is 1.59 bits per heavy atom. The Hall–Kier alpha value is -3.10. The first-order valence-corrected chi connectivity index (χ1v) is 13.9. The van der Waals surface area contributed by atoms with E-state index in [0.29, 0.717) is 12.0 Å². The number of primary amides is 1. The van der Waals surface area contributed by atoms with Gasteiger partial charge in [0.1, 0.15) is 17.7 Å². The molecular weight excluding hydrogens is 496 g/mol. The number of nitrogens with zero attached hydrogens (tertiary/aromatic N) is 1. The Morgan fingerprint density at radius 1 is 0.974 bits per heavy atom. The van der Waals surface area contributed by atoms with Crippen molar-refractivity contribution >= 4 is 23.8 Å². The van der Waals surface area contributed by atoms with Gasteiger partial charge in [-0.25, -0.2) is 4.79 Å². The molecule has 1 aromatic carbocycles. The molecule has 0 aliphatic carbocycles. The van der Waals surface area contributed by atoms with Crippen LogP contribution in [0.2, 0.25) is 0 Å². The Bertz CT molecular complexity index is 994. The molecule has 39 heavy (non-hydrogen) atoms. The summed E-state index contributed by atoms with van der Waals surface area (Å²) >= 11 is 0. The van der Waals surface area contributed by atoms with Crippen LogP contribution in [0.1, 0.15) is 110 Å². The van der Waals surface area contributed by atoms with Gasteiger partial charge in [0.15, 0.2) is 0 Å². The van der Waals surface area contributed by atoms with Gasteiger partial charge in [0.05, 0.1) is 6.42 Å². The smallest absolute Gasteiger partial charge is 0.408 e. The number of nitrogens with two attached hydrogens (primary N) is 1. The third-order valence-electron chi connectivity index (χ3n) is 6.18. The second-order valence-corrected chi connectivity index (χ2v) is 12.2. The van der Waals surface area contributed by atoms with E-state index in [0.717, 1.165) is 36.8 Å². The molecule has 9 nitrogen and oxygen atoms in total. The van der Waals surface area contributed by atoms with Crippen molar-refractivity contribution in [1.29, 1.82) is 0 Å². The predicted octanol–water partition coefficient (Wildman–Crippen LogP) is 4.83. The second-order valence-electron chi connectivity index (χ2n) is 12.2. The largest absolute Gasteiger partial charge is 0.444 e. The van der Waals surface area contributed by atoms with Crippen LogP contribution in [-0.4, -0.2) is 52.4 Å². The van der Waals surface area contributed by atoms with E-state index < -0.39 is 47.6 Å². The summed E-state index contributed by atoms with van der Waals surface area (Å²) in [6.07, 6.45) is 3.41. The lowest BCUT2D eigenvalue weighted by molar-refractivity contribution is -0.144. The number of aryl methyl sites for hydroxylation is 1. The molecule has 1 aromatic rings. The summed E-state index contributed by atoms with van der Waals surface area (Å²) in [5.74, 6) is -1.66. The van der Waals surface area contributed by atoms with E-state index in [2.05, 4.69) is 17.6 Å². The molecule has 2 unspecified atom stereocenters. The van der Waals surface area contributed by atoms with Gasteiger partial charge in [-0.1, -0.05) is 50.8 Å². The van der Waals surface area contributed by atoms with Gasteiger partial charge >= 0.3 is 6.09 Å². The summed E-state index contributed by atoms with van der Waals surface area (Å²) in [4.78, 5) is 54.1. The van der Waals surface area contributed by atoms with Gasteiger partial charge in [0.25, 0.3) is 0 Å². The SMILES string of the molecule is CCCCCCCN(C(=O)C(CC(N)=O)NC(=O)OC(C)(C)C)C(C(=O)NC(C)(C)C)c1cccc(C)c1C. The van der Waals surface area contributed by atoms with E-state index in [1.807, 2.05) is 52.8 Å². The van der Waals surface area contributed by atoms with Crippen LogP contribution in [0.25, 0.3) is 0 Å². The minimum absolute atomic E-state index is 0.267. The standard InChI is InChI=1S/C30H50N4O5/c1-10-11-12-13-14-18-34(27(37)23(19-24(31)35)32-28(38)39-30(7,8)9)25(26(36)33-29(4,5)6)22-17-15-16-20(2)21(22)3/h15-17,23,25H,10-14,18-19H2,1-9H3,(H2,31,35)(H,32,38)(H,33,36). The summed E-state index contributed by atoms with van der Waals surface area (Å²) in [5, 5.41) is 5.56. The van der Waals surface area contributed by atoms with Crippen LogP contribution in [0.5, 0.6) is 0 Å². The van der Waals surface area contributed by atoms with Crippen molar-refractivity contribution in [1.82, 2.24) is 15.5 Å². The number of carbonyl (C=O) groups is 4. The molecule has 0 aliphatic heterocycles. The van der Waals surface area contributed by atoms with Crippen molar-refractivity contribution in [2.45, 2.75) is 124 Å². The summed E-state index contributed by atoms with van der Waals surface area (Å²) in [5.41, 5.74) is 6.69. The van der Waals surface area contributed by atoms with Crippen molar-refractivity contribution in [2.24, 2.45) is 5.73 Å². The Labute approximate surface area is 234 Å². The number of hydrogen-bond acceptors (Lipinski definition) is 5. The van der Waals surface area contributed by atoms with Crippen molar-refractivity contribution in [3.8, 4) is 0 Å². The molecule has 220 valence electrons. The van der Waals surface area contributed by atoms with Crippen LogP contribution in [0.15, 0.2) is 18.2 Å². The number of benzene rings is 1. The Kier molecular flexibility index (Phi) is 13.0. The molecule has 0 aliphatic rings. The normalized spacial score (nSPS) is 13.3. The fourth-order valence-corrected chi connectivity index (χ4v) is 4.26. The van der Waals surface area contributed by atoms with Crippen molar-refractivity contribution < 1.29 is 23.9 Å². The predicted molar refractivity (Wildman–Crippen MR) is 154 cm³/mol. The molecule has 1 rings (SSSR count). The van der Waals surface area contributed by atoms with E-state index in [1.54, 1.807) is 20.8 Å². The first-order chi connectivity index (χ1) is 18.0. The lowest BCUT2D eigenvalue weighted by Gasteiger charge is -2.36. The van der Waals surface area contributed by atoms with Crippen LogP contribution in [0.4, 0.5) is 4.79 Å². The number of unbranched alkanes of at least 4 members (excludes halogenated alkanes) is 4. The minimum Gasteiger partial charge on any atom is -0.444 e. The number of nitrogens with one attached hydrogen (secondary N) is 2. The fraction of sp³-hybridized carbons (Fsp3) is 0.667. The number of hydrogen-bond donors (Lipinski definition) is 3. The molecule has 0 saturated heterocycles. The van der Waals surface area contributed by atoms with Crippen LogP contribution in [0.3, 0.4) is 0 Å². The fourth-order valence-electron chi connectivity index (χ4n) is 4.26. The number of ether oxygens (including phenoxy) is 1. The average molecular weight is 547 g/mol. The van der Waals surface area contributed by atoms with Gasteiger partial charge in [0.2, 0.25) is 17.7 Å². The maximum atomic E-state index is 14.1.